The van der Waals surface area contributed by atoms with Crippen LogP contribution >= 0.6 is 0 Å². The largest absolute Gasteiger partial charge is 0.364 e. The van der Waals surface area contributed by atoms with E-state index < -0.39 is 11.7 Å². The Morgan fingerprint density at radius 3 is 2.39 bits per heavy atom. The number of ether oxygens (including phenoxy) is 1. The molecule has 0 spiro atoms. The average Bonchev–Trinajstić information content (AvgIpc) is 2.33. The fourth-order valence-electron chi connectivity index (χ4n) is 1.37. The van der Waals surface area contributed by atoms with Crippen LogP contribution in [0.1, 0.15) is 39.4 Å². The first-order valence-electron chi connectivity index (χ1n) is 6.08. The summed E-state index contributed by atoms with van der Waals surface area (Å²) in [4.78, 5) is 17.3. The molecular formula is C14H21NO3. The molecule has 1 aromatic carbocycles. The van der Waals surface area contributed by atoms with E-state index in [-0.39, 0.29) is 5.91 Å². The second-order valence-electron chi connectivity index (χ2n) is 4.93. The third kappa shape index (κ3) is 4.85. The highest BCUT2D eigenvalue weighted by Gasteiger charge is 2.22. The van der Waals surface area contributed by atoms with Crippen molar-refractivity contribution in [1.82, 2.24) is 5.48 Å². The highest BCUT2D eigenvalue weighted by molar-refractivity contribution is 5.81. The molecule has 1 N–H and O–H groups in total. The van der Waals surface area contributed by atoms with Crippen molar-refractivity contribution in [3.63, 3.8) is 0 Å². The van der Waals surface area contributed by atoms with Gasteiger partial charge in [0.05, 0.1) is 5.60 Å². The van der Waals surface area contributed by atoms with Crippen molar-refractivity contribution in [2.45, 2.75) is 39.4 Å². The predicted molar refractivity (Wildman–Crippen MR) is 69.8 cm³/mol. The Balaban J connectivity index is 2.70. The van der Waals surface area contributed by atoms with Gasteiger partial charge in [-0.05, 0) is 33.3 Å². The summed E-state index contributed by atoms with van der Waals surface area (Å²) in [6.07, 6.45) is -0.640. The van der Waals surface area contributed by atoms with E-state index in [2.05, 4.69) is 5.48 Å². The van der Waals surface area contributed by atoms with Crippen LogP contribution in [0.4, 0.5) is 0 Å². The monoisotopic (exact) mass is 251 g/mol. The molecule has 0 aromatic heterocycles. The molecular weight excluding hydrogens is 230 g/mol. The fraction of sp³-hybridized carbons (Fsp3) is 0.500. The van der Waals surface area contributed by atoms with Crippen LogP contribution in [0.5, 0.6) is 0 Å². The summed E-state index contributed by atoms with van der Waals surface area (Å²) < 4.78 is 5.46. The zero-order chi connectivity index (χ0) is 13.6. The number of carbonyl (C=O) groups excluding carboxylic acids is 1. The van der Waals surface area contributed by atoms with Gasteiger partial charge in [0.15, 0.2) is 6.10 Å². The Bertz CT molecular complexity index is 370. The van der Waals surface area contributed by atoms with Gasteiger partial charge in [0.2, 0.25) is 0 Å². The zero-order valence-electron chi connectivity index (χ0n) is 11.4. The lowest BCUT2D eigenvalue weighted by Crippen LogP contribution is -2.37. The van der Waals surface area contributed by atoms with Crippen molar-refractivity contribution in [1.29, 1.82) is 0 Å². The highest BCUT2D eigenvalue weighted by atomic mass is 16.7. The molecule has 1 unspecified atom stereocenters. The van der Waals surface area contributed by atoms with Crippen molar-refractivity contribution in [2.24, 2.45) is 0 Å². The lowest BCUT2D eigenvalue weighted by atomic mass is 10.1. The van der Waals surface area contributed by atoms with Gasteiger partial charge in [-0.15, -0.1) is 0 Å². The summed E-state index contributed by atoms with van der Waals surface area (Å²) in [5.74, 6) is -0.294. The van der Waals surface area contributed by atoms with Crippen molar-refractivity contribution in [3.8, 4) is 0 Å². The first-order chi connectivity index (χ1) is 8.44. The Morgan fingerprint density at radius 1 is 1.28 bits per heavy atom. The molecule has 0 aliphatic carbocycles. The molecule has 0 saturated carbocycles. The quantitative estimate of drug-likeness (QED) is 0.818. The normalized spacial score (nSPS) is 13.1. The Morgan fingerprint density at radius 2 is 1.89 bits per heavy atom. The average molecular weight is 251 g/mol. The molecule has 0 saturated heterocycles. The number of benzene rings is 1. The van der Waals surface area contributed by atoms with E-state index in [9.17, 15) is 4.79 Å². The molecule has 0 aliphatic rings. The smallest absolute Gasteiger partial charge is 0.277 e. The van der Waals surface area contributed by atoms with Gasteiger partial charge in [-0.25, -0.2) is 5.48 Å². The third-order valence-corrected chi connectivity index (χ3v) is 2.13. The van der Waals surface area contributed by atoms with Gasteiger partial charge in [-0.2, -0.15) is 0 Å². The molecule has 100 valence electrons. The number of hydrogen-bond acceptors (Lipinski definition) is 3. The van der Waals surface area contributed by atoms with E-state index in [0.717, 1.165) is 5.56 Å². The summed E-state index contributed by atoms with van der Waals surface area (Å²) >= 11 is 0. The first-order valence-corrected chi connectivity index (χ1v) is 6.08. The maximum absolute atomic E-state index is 12.0. The number of nitrogens with one attached hydrogen (secondary N) is 1. The lowest BCUT2D eigenvalue weighted by Gasteiger charge is -2.22. The molecule has 1 aromatic rings. The minimum absolute atomic E-state index is 0.294. The van der Waals surface area contributed by atoms with Gasteiger partial charge in [0, 0.05) is 6.61 Å². The number of hydroxylamine groups is 1. The summed E-state index contributed by atoms with van der Waals surface area (Å²) in [6.45, 7) is 7.92. The van der Waals surface area contributed by atoms with E-state index in [1.807, 2.05) is 58.0 Å². The Kier molecular flexibility index (Phi) is 5.31. The van der Waals surface area contributed by atoms with E-state index in [0.29, 0.717) is 6.61 Å². The third-order valence-electron chi connectivity index (χ3n) is 2.13. The maximum atomic E-state index is 12.0. The second kappa shape index (κ2) is 6.52. The molecule has 0 fully saturated rings. The molecule has 0 radical (unpaired) electrons. The topological polar surface area (TPSA) is 47.6 Å². The standard InChI is InChI=1S/C14H21NO3/c1-5-17-12(11-9-7-6-8-10-11)13(16)15-18-14(2,3)4/h6-10,12H,5H2,1-4H3,(H,15,16). The van der Waals surface area contributed by atoms with Crippen molar-refractivity contribution < 1.29 is 14.4 Å². The van der Waals surface area contributed by atoms with Crippen LogP contribution in [0.3, 0.4) is 0 Å². The van der Waals surface area contributed by atoms with Gasteiger partial charge >= 0.3 is 0 Å². The molecule has 1 atom stereocenters. The van der Waals surface area contributed by atoms with E-state index in [4.69, 9.17) is 9.57 Å². The van der Waals surface area contributed by atoms with Crippen molar-refractivity contribution in [2.75, 3.05) is 6.61 Å². The summed E-state index contributed by atoms with van der Waals surface area (Å²) in [7, 11) is 0. The number of rotatable bonds is 5. The zero-order valence-corrected chi connectivity index (χ0v) is 11.4. The van der Waals surface area contributed by atoms with Crippen LogP contribution in [0.2, 0.25) is 0 Å². The van der Waals surface area contributed by atoms with Crippen LogP contribution in [0.25, 0.3) is 0 Å². The SMILES string of the molecule is CCOC(C(=O)NOC(C)(C)C)c1ccccc1. The minimum Gasteiger partial charge on any atom is -0.364 e. The molecule has 18 heavy (non-hydrogen) atoms. The summed E-state index contributed by atoms with van der Waals surface area (Å²) in [6, 6.07) is 9.36. The molecule has 0 heterocycles. The lowest BCUT2D eigenvalue weighted by molar-refractivity contribution is -0.157. The molecule has 4 heteroatoms. The number of amides is 1. The molecule has 1 amide bonds. The van der Waals surface area contributed by atoms with Gasteiger partial charge in [-0.1, -0.05) is 30.3 Å². The van der Waals surface area contributed by atoms with Gasteiger partial charge in [-0.3, -0.25) is 9.63 Å². The van der Waals surface area contributed by atoms with Gasteiger partial charge < -0.3 is 4.74 Å². The first kappa shape index (κ1) is 14.7. The fourth-order valence-corrected chi connectivity index (χ4v) is 1.37. The number of carbonyl (C=O) groups is 1. The summed E-state index contributed by atoms with van der Waals surface area (Å²) in [5, 5.41) is 0. The van der Waals surface area contributed by atoms with Crippen LogP contribution in [0.15, 0.2) is 30.3 Å². The summed E-state index contributed by atoms with van der Waals surface area (Å²) in [5.41, 5.74) is 2.83. The molecule has 0 bridgehead atoms. The van der Waals surface area contributed by atoms with E-state index in [1.54, 1.807) is 0 Å². The second-order valence-corrected chi connectivity index (χ2v) is 4.93. The van der Waals surface area contributed by atoms with Crippen LogP contribution in [0, 0.1) is 0 Å². The van der Waals surface area contributed by atoms with Gasteiger partial charge in [0.25, 0.3) is 5.91 Å². The van der Waals surface area contributed by atoms with Crippen molar-refractivity contribution in [3.05, 3.63) is 35.9 Å². The maximum Gasteiger partial charge on any atom is 0.277 e. The Labute approximate surface area is 108 Å². The molecule has 1 rings (SSSR count). The molecule has 0 aliphatic heterocycles. The Hall–Kier alpha value is -1.39. The number of hydrogen-bond donors (Lipinski definition) is 1. The minimum atomic E-state index is -0.640. The van der Waals surface area contributed by atoms with Crippen LogP contribution in [-0.4, -0.2) is 18.1 Å². The van der Waals surface area contributed by atoms with Crippen molar-refractivity contribution >= 4 is 5.91 Å². The molecule has 4 nitrogen and oxygen atoms in total. The van der Waals surface area contributed by atoms with E-state index >= 15 is 0 Å². The highest BCUT2D eigenvalue weighted by Crippen LogP contribution is 2.17. The van der Waals surface area contributed by atoms with Crippen LogP contribution in [-0.2, 0) is 14.4 Å². The predicted octanol–water partition coefficient (Wildman–Crippen LogP) is 2.61. The van der Waals surface area contributed by atoms with E-state index in [1.165, 1.54) is 0 Å². The van der Waals surface area contributed by atoms with Gasteiger partial charge in [0.1, 0.15) is 0 Å². The van der Waals surface area contributed by atoms with Crippen LogP contribution < -0.4 is 5.48 Å².